The molecular formula is C16H20N2O6. The van der Waals surface area contributed by atoms with Crippen molar-refractivity contribution in [2.75, 3.05) is 25.2 Å². The Morgan fingerprint density at radius 3 is 2.79 bits per heavy atom. The number of carbonyl (C=O) groups is 3. The number of nitrogens with zero attached hydrogens (tertiary/aromatic N) is 1. The number of amides is 2. The van der Waals surface area contributed by atoms with Crippen LogP contribution in [0.5, 0.6) is 5.75 Å². The Morgan fingerprint density at radius 2 is 2.12 bits per heavy atom. The molecular weight excluding hydrogens is 316 g/mol. The van der Waals surface area contributed by atoms with Crippen LogP contribution in [0.1, 0.15) is 13.3 Å². The minimum absolute atomic E-state index is 0.140. The number of fused-ring (bicyclic) bond motifs is 1. The summed E-state index contributed by atoms with van der Waals surface area (Å²) in [6.45, 7) is 1.52. The monoisotopic (exact) mass is 336 g/mol. The van der Waals surface area contributed by atoms with Crippen molar-refractivity contribution in [3.63, 3.8) is 0 Å². The van der Waals surface area contributed by atoms with E-state index in [1.54, 1.807) is 31.2 Å². The first-order valence-corrected chi connectivity index (χ1v) is 7.52. The number of nitrogens with one attached hydrogen (secondary N) is 1. The number of carboxylic acids is 1. The number of rotatable bonds is 7. The van der Waals surface area contributed by atoms with E-state index in [4.69, 9.17) is 14.6 Å². The summed E-state index contributed by atoms with van der Waals surface area (Å²) >= 11 is 0. The van der Waals surface area contributed by atoms with Gasteiger partial charge in [-0.05, 0) is 19.1 Å². The van der Waals surface area contributed by atoms with E-state index in [0.29, 0.717) is 11.4 Å². The van der Waals surface area contributed by atoms with Crippen LogP contribution in [0, 0.1) is 0 Å². The van der Waals surface area contributed by atoms with Gasteiger partial charge in [0.2, 0.25) is 5.91 Å². The molecule has 0 saturated heterocycles. The van der Waals surface area contributed by atoms with Gasteiger partial charge in [-0.1, -0.05) is 12.1 Å². The van der Waals surface area contributed by atoms with E-state index in [2.05, 4.69) is 5.32 Å². The second-order valence-electron chi connectivity index (χ2n) is 5.39. The van der Waals surface area contributed by atoms with Crippen LogP contribution in [0.15, 0.2) is 24.3 Å². The number of hydrogen-bond acceptors (Lipinski definition) is 5. The van der Waals surface area contributed by atoms with E-state index >= 15 is 0 Å². The smallest absolute Gasteiger partial charge is 0.326 e. The minimum Gasteiger partial charge on any atom is -0.480 e. The van der Waals surface area contributed by atoms with Crippen LogP contribution in [0.2, 0.25) is 0 Å². The Balaban J connectivity index is 2.10. The first kappa shape index (κ1) is 17.7. The van der Waals surface area contributed by atoms with Crippen LogP contribution < -0.4 is 15.0 Å². The summed E-state index contributed by atoms with van der Waals surface area (Å²) in [6, 6.07) is 5.81. The summed E-state index contributed by atoms with van der Waals surface area (Å²) in [4.78, 5) is 37.0. The molecule has 1 aliphatic heterocycles. The molecule has 1 aliphatic rings. The molecule has 2 rings (SSSR count). The highest BCUT2D eigenvalue weighted by Gasteiger charge is 2.33. The van der Waals surface area contributed by atoms with Gasteiger partial charge >= 0.3 is 5.97 Å². The number of benzene rings is 1. The minimum atomic E-state index is -1.15. The van der Waals surface area contributed by atoms with Crippen LogP contribution in [0.25, 0.3) is 0 Å². The summed E-state index contributed by atoms with van der Waals surface area (Å²) in [5.74, 6) is -1.56. The molecule has 0 fully saturated rings. The van der Waals surface area contributed by atoms with E-state index in [1.165, 1.54) is 12.0 Å². The molecule has 0 spiro atoms. The summed E-state index contributed by atoms with van der Waals surface area (Å²) in [5.41, 5.74) is 0.486. The molecule has 2 N–H and O–H groups in total. The Labute approximate surface area is 139 Å². The Hall–Kier alpha value is -2.61. The van der Waals surface area contributed by atoms with Gasteiger partial charge in [0.05, 0.1) is 5.69 Å². The average Bonchev–Trinajstić information content (AvgIpc) is 2.55. The zero-order chi connectivity index (χ0) is 17.7. The molecule has 0 aliphatic carbocycles. The van der Waals surface area contributed by atoms with Crippen LogP contribution in [-0.2, 0) is 19.1 Å². The van der Waals surface area contributed by atoms with E-state index in [-0.39, 0.29) is 25.5 Å². The Bertz CT molecular complexity index is 633. The number of carboxylic acid groups (broad SMARTS) is 1. The van der Waals surface area contributed by atoms with E-state index in [0.717, 1.165) is 0 Å². The van der Waals surface area contributed by atoms with E-state index in [1.807, 2.05) is 0 Å². The maximum atomic E-state index is 12.3. The SMILES string of the molecule is COCCC(NC(=O)CN1C(=O)C(C)Oc2ccccc21)C(=O)O. The number of anilines is 1. The number of carbonyl (C=O) groups excluding carboxylic acids is 2. The first-order chi connectivity index (χ1) is 11.4. The standard InChI is InChI=1S/C16H20N2O6/c1-10-15(20)18(12-5-3-4-6-13(12)24-10)9-14(19)17-11(16(21)22)7-8-23-2/h3-6,10-11H,7-9H2,1-2H3,(H,17,19)(H,21,22). The van der Waals surface area contributed by atoms with E-state index < -0.39 is 24.0 Å². The van der Waals surface area contributed by atoms with Crippen molar-refractivity contribution >= 4 is 23.5 Å². The van der Waals surface area contributed by atoms with Gasteiger partial charge in [-0.15, -0.1) is 0 Å². The van der Waals surface area contributed by atoms with Crippen molar-refractivity contribution in [2.24, 2.45) is 0 Å². The summed E-state index contributed by atoms with van der Waals surface area (Å²) < 4.78 is 10.3. The zero-order valence-electron chi connectivity index (χ0n) is 13.5. The maximum Gasteiger partial charge on any atom is 0.326 e. The summed E-state index contributed by atoms with van der Waals surface area (Å²) in [7, 11) is 1.45. The number of ether oxygens (including phenoxy) is 2. The summed E-state index contributed by atoms with van der Waals surface area (Å²) in [5, 5.41) is 11.5. The van der Waals surface area contributed by atoms with Crippen LogP contribution in [0.4, 0.5) is 5.69 Å². The average molecular weight is 336 g/mol. The van der Waals surface area contributed by atoms with Gasteiger partial charge in [-0.3, -0.25) is 14.5 Å². The van der Waals surface area contributed by atoms with Crippen molar-refractivity contribution < 1.29 is 29.0 Å². The molecule has 0 radical (unpaired) electrons. The fourth-order valence-corrected chi connectivity index (χ4v) is 2.40. The van der Waals surface area contributed by atoms with Gasteiger partial charge in [0, 0.05) is 20.1 Å². The molecule has 0 saturated carbocycles. The van der Waals surface area contributed by atoms with Gasteiger partial charge in [0.15, 0.2) is 6.10 Å². The largest absolute Gasteiger partial charge is 0.480 e. The maximum absolute atomic E-state index is 12.3. The van der Waals surface area contributed by atoms with Gasteiger partial charge < -0.3 is 19.9 Å². The molecule has 2 unspecified atom stereocenters. The highest BCUT2D eigenvalue weighted by molar-refractivity contribution is 6.04. The third kappa shape index (κ3) is 4.02. The molecule has 2 amide bonds. The Morgan fingerprint density at radius 1 is 1.42 bits per heavy atom. The highest BCUT2D eigenvalue weighted by atomic mass is 16.5. The number of methoxy groups -OCH3 is 1. The van der Waals surface area contributed by atoms with Crippen molar-refractivity contribution in [3.8, 4) is 5.75 Å². The molecule has 2 atom stereocenters. The lowest BCUT2D eigenvalue weighted by molar-refractivity contribution is -0.142. The molecule has 1 aromatic carbocycles. The lowest BCUT2D eigenvalue weighted by atomic mass is 10.1. The van der Waals surface area contributed by atoms with Gasteiger partial charge in [-0.2, -0.15) is 0 Å². The highest BCUT2D eigenvalue weighted by Crippen LogP contribution is 2.33. The lowest BCUT2D eigenvalue weighted by Gasteiger charge is -2.32. The number of para-hydroxylation sites is 2. The molecule has 8 heteroatoms. The fourth-order valence-electron chi connectivity index (χ4n) is 2.40. The predicted molar refractivity (Wildman–Crippen MR) is 84.9 cm³/mol. The van der Waals surface area contributed by atoms with Gasteiger partial charge in [-0.25, -0.2) is 4.79 Å². The van der Waals surface area contributed by atoms with Crippen LogP contribution in [-0.4, -0.2) is 55.3 Å². The normalized spacial score (nSPS) is 17.7. The van der Waals surface area contributed by atoms with E-state index in [9.17, 15) is 14.4 Å². The lowest BCUT2D eigenvalue weighted by Crippen LogP contribution is -2.51. The van der Waals surface area contributed by atoms with Crippen molar-refractivity contribution in [1.82, 2.24) is 5.32 Å². The third-order valence-corrected chi connectivity index (χ3v) is 3.62. The topological polar surface area (TPSA) is 105 Å². The quantitative estimate of drug-likeness (QED) is 0.747. The third-order valence-electron chi connectivity index (χ3n) is 3.62. The van der Waals surface area contributed by atoms with Crippen LogP contribution >= 0.6 is 0 Å². The summed E-state index contributed by atoms with van der Waals surface area (Å²) in [6.07, 6.45) is -0.571. The number of aliphatic carboxylic acids is 1. The molecule has 24 heavy (non-hydrogen) atoms. The molecule has 1 heterocycles. The number of hydrogen-bond donors (Lipinski definition) is 2. The van der Waals surface area contributed by atoms with Crippen molar-refractivity contribution in [1.29, 1.82) is 0 Å². The van der Waals surface area contributed by atoms with Crippen molar-refractivity contribution in [3.05, 3.63) is 24.3 Å². The van der Waals surface area contributed by atoms with Crippen LogP contribution in [0.3, 0.4) is 0 Å². The zero-order valence-corrected chi connectivity index (χ0v) is 13.5. The molecule has 130 valence electrons. The molecule has 0 bridgehead atoms. The van der Waals surface area contributed by atoms with Gasteiger partial charge in [0.1, 0.15) is 18.3 Å². The van der Waals surface area contributed by atoms with Crippen molar-refractivity contribution in [2.45, 2.75) is 25.5 Å². The first-order valence-electron chi connectivity index (χ1n) is 7.52. The Kier molecular flexibility index (Phi) is 5.75. The predicted octanol–water partition coefficient (Wildman–Crippen LogP) is 0.406. The van der Waals surface area contributed by atoms with Gasteiger partial charge in [0.25, 0.3) is 5.91 Å². The molecule has 0 aromatic heterocycles. The fraction of sp³-hybridized carbons (Fsp3) is 0.438. The second-order valence-corrected chi connectivity index (χ2v) is 5.39. The molecule has 1 aromatic rings. The second kappa shape index (κ2) is 7.78. The molecule has 8 nitrogen and oxygen atoms in total.